The molecule has 4 heteroatoms. The fraction of sp³-hybridized carbons (Fsp3) is 0. The highest BCUT2D eigenvalue weighted by Gasteiger charge is 1.82. The Balaban J connectivity index is 3.04. The topological polar surface area (TPSA) is 17.8 Å². The molecule has 0 saturated carbocycles. The van der Waals surface area contributed by atoms with Crippen LogP contribution in [-0.2, 0) is 0 Å². The second-order valence-corrected chi connectivity index (χ2v) is 2.03. The van der Waals surface area contributed by atoms with Crippen molar-refractivity contribution >= 4 is 22.7 Å². The normalized spacial score (nSPS) is 9.29. The highest BCUT2D eigenvalue weighted by atomic mass is 31.0. The Morgan fingerprint density at radius 2 is 2.57 bits per heavy atom. The SMILES string of the molecule is Bc1cnn(P)c1. The summed E-state index contributed by atoms with van der Waals surface area (Å²) in [4.78, 5) is 0. The second-order valence-electron chi connectivity index (χ2n) is 1.50. The fourth-order valence-corrected chi connectivity index (χ4v) is 0.735. The molecule has 1 unspecified atom stereocenters. The average molecular weight is 112 g/mol. The van der Waals surface area contributed by atoms with Crippen LogP contribution in [0.2, 0.25) is 0 Å². The van der Waals surface area contributed by atoms with E-state index in [0.717, 1.165) is 0 Å². The Morgan fingerprint density at radius 3 is 2.71 bits per heavy atom. The predicted octanol–water partition coefficient (Wildman–Crippen LogP) is -1.22. The van der Waals surface area contributed by atoms with Crippen LogP contribution in [0.4, 0.5) is 0 Å². The van der Waals surface area contributed by atoms with E-state index in [4.69, 9.17) is 0 Å². The van der Waals surface area contributed by atoms with Gasteiger partial charge in [-0.2, -0.15) is 5.10 Å². The lowest BCUT2D eigenvalue weighted by molar-refractivity contribution is 1.01. The molecule has 0 aromatic carbocycles. The van der Waals surface area contributed by atoms with Crippen molar-refractivity contribution < 1.29 is 0 Å². The van der Waals surface area contributed by atoms with Crippen molar-refractivity contribution in [3.05, 3.63) is 12.4 Å². The highest BCUT2D eigenvalue weighted by Crippen LogP contribution is 1.83. The van der Waals surface area contributed by atoms with Gasteiger partial charge in [0.05, 0.1) is 0 Å². The summed E-state index contributed by atoms with van der Waals surface area (Å²) in [5.41, 5.74) is 1.19. The molecular weight excluding hydrogens is 106 g/mol. The van der Waals surface area contributed by atoms with Gasteiger partial charge in [0.2, 0.25) is 0 Å². The first kappa shape index (κ1) is 4.85. The van der Waals surface area contributed by atoms with E-state index in [-0.39, 0.29) is 0 Å². The van der Waals surface area contributed by atoms with Gasteiger partial charge in [-0.05, 0) is 9.39 Å². The molecule has 0 amide bonds. The lowest BCUT2D eigenvalue weighted by Crippen LogP contribution is -1.93. The van der Waals surface area contributed by atoms with Gasteiger partial charge in [0, 0.05) is 12.4 Å². The van der Waals surface area contributed by atoms with Gasteiger partial charge in [0.15, 0.2) is 0 Å². The number of aromatic nitrogens is 2. The van der Waals surface area contributed by atoms with E-state index in [1.165, 1.54) is 5.46 Å². The molecule has 0 aliphatic rings. The van der Waals surface area contributed by atoms with Gasteiger partial charge < -0.3 is 0 Å². The molecule has 0 fully saturated rings. The summed E-state index contributed by atoms with van der Waals surface area (Å²) in [6, 6.07) is 0. The Hall–Kier alpha value is -0.295. The summed E-state index contributed by atoms with van der Waals surface area (Å²) in [6.07, 6.45) is 3.75. The highest BCUT2D eigenvalue weighted by molar-refractivity contribution is 7.14. The van der Waals surface area contributed by atoms with Crippen LogP contribution in [0.3, 0.4) is 0 Å². The van der Waals surface area contributed by atoms with Gasteiger partial charge in [-0.15, -0.1) is 0 Å². The van der Waals surface area contributed by atoms with E-state index < -0.39 is 0 Å². The minimum atomic E-state index is 1.19. The molecule has 0 aliphatic carbocycles. The average Bonchev–Trinajstić information content (AvgIpc) is 1.87. The van der Waals surface area contributed by atoms with Crippen molar-refractivity contribution in [1.29, 1.82) is 0 Å². The van der Waals surface area contributed by atoms with Gasteiger partial charge >= 0.3 is 0 Å². The molecule has 1 atom stereocenters. The molecule has 0 spiro atoms. The zero-order chi connectivity index (χ0) is 5.28. The summed E-state index contributed by atoms with van der Waals surface area (Å²) < 4.78 is 1.70. The van der Waals surface area contributed by atoms with Gasteiger partial charge in [-0.3, -0.25) is 4.45 Å². The van der Waals surface area contributed by atoms with E-state index in [0.29, 0.717) is 0 Å². The van der Waals surface area contributed by atoms with Crippen LogP contribution in [0.15, 0.2) is 12.4 Å². The lowest BCUT2D eigenvalue weighted by atomic mass is 10.0. The maximum absolute atomic E-state index is 3.90. The van der Waals surface area contributed by atoms with E-state index >= 15 is 0 Å². The summed E-state index contributed by atoms with van der Waals surface area (Å²) in [7, 11) is 4.46. The predicted molar refractivity (Wildman–Crippen MR) is 35.5 cm³/mol. The van der Waals surface area contributed by atoms with Crippen molar-refractivity contribution in [2.45, 2.75) is 0 Å². The first-order valence-electron chi connectivity index (χ1n) is 2.05. The number of hydrogen-bond donors (Lipinski definition) is 0. The van der Waals surface area contributed by atoms with E-state index in [1.54, 1.807) is 4.45 Å². The second kappa shape index (κ2) is 1.67. The van der Waals surface area contributed by atoms with Gasteiger partial charge in [-0.1, -0.05) is 5.46 Å². The zero-order valence-electron chi connectivity index (χ0n) is 4.13. The third-order valence-electron chi connectivity index (χ3n) is 0.731. The largest absolute Gasteiger partial charge is 0.259 e. The molecule has 0 bridgehead atoms. The van der Waals surface area contributed by atoms with E-state index in [2.05, 4.69) is 14.5 Å². The van der Waals surface area contributed by atoms with E-state index in [9.17, 15) is 0 Å². The van der Waals surface area contributed by atoms with Crippen LogP contribution in [0, 0.1) is 0 Å². The van der Waals surface area contributed by atoms with Crippen LogP contribution < -0.4 is 5.46 Å². The first-order valence-corrected chi connectivity index (χ1v) is 2.57. The molecule has 1 heterocycles. The molecule has 36 valence electrons. The summed E-state index contributed by atoms with van der Waals surface area (Å²) in [5.74, 6) is 0. The Labute approximate surface area is 45.6 Å². The Kier molecular flexibility index (Phi) is 1.16. The minimum Gasteiger partial charge on any atom is -0.259 e. The lowest BCUT2D eigenvalue weighted by Gasteiger charge is -1.78. The molecule has 1 aromatic heterocycles. The summed E-state index contributed by atoms with van der Waals surface area (Å²) in [6.45, 7) is 0. The number of nitrogens with zero attached hydrogens (tertiary/aromatic N) is 2. The zero-order valence-corrected chi connectivity index (χ0v) is 5.28. The number of rotatable bonds is 0. The van der Waals surface area contributed by atoms with Crippen LogP contribution in [0.1, 0.15) is 0 Å². The molecule has 7 heavy (non-hydrogen) atoms. The van der Waals surface area contributed by atoms with Crippen LogP contribution >= 0.6 is 9.39 Å². The molecule has 0 radical (unpaired) electrons. The van der Waals surface area contributed by atoms with Crippen molar-refractivity contribution in [3.8, 4) is 0 Å². The standard InChI is InChI=1S/C3H6BN2P/c4-3-1-5-6(7)2-3/h1-2H,4,7H2. The van der Waals surface area contributed by atoms with Crippen molar-refractivity contribution in [3.63, 3.8) is 0 Å². The third kappa shape index (κ3) is 1.03. The minimum absolute atomic E-state index is 1.19. The van der Waals surface area contributed by atoms with Crippen molar-refractivity contribution in [2.75, 3.05) is 0 Å². The van der Waals surface area contributed by atoms with Gasteiger partial charge in [0.25, 0.3) is 0 Å². The maximum Gasteiger partial charge on any atom is 0.143 e. The third-order valence-corrected chi connectivity index (χ3v) is 1.01. The molecule has 1 rings (SSSR count). The maximum atomic E-state index is 3.90. The molecule has 0 N–H and O–H groups in total. The first-order chi connectivity index (χ1) is 3.29. The smallest absolute Gasteiger partial charge is 0.143 e. The van der Waals surface area contributed by atoms with Crippen molar-refractivity contribution in [1.82, 2.24) is 9.55 Å². The summed E-state index contributed by atoms with van der Waals surface area (Å²) in [5, 5.41) is 3.90. The van der Waals surface area contributed by atoms with Crippen molar-refractivity contribution in [2.24, 2.45) is 0 Å². The van der Waals surface area contributed by atoms with Crippen LogP contribution in [0.25, 0.3) is 0 Å². The molecule has 2 nitrogen and oxygen atoms in total. The Bertz CT molecular complexity index is 145. The summed E-state index contributed by atoms with van der Waals surface area (Å²) >= 11 is 0. The van der Waals surface area contributed by atoms with E-state index in [1.807, 2.05) is 20.2 Å². The van der Waals surface area contributed by atoms with Crippen LogP contribution in [0.5, 0.6) is 0 Å². The van der Waals surface area contributed by atoms with Gasteiger partial charge in [0.1, 0.15) is 7.85 Å². The quantitative estimate of drug-likeness (QED) is 0.303. The Morgan fingerprint density at radius 1 is 1.86 bits per heavy atom. The molecule has 1 aromatic rings. The monoisotopic (exact) mass is 112 g/mol. The number of hydrogen-bond acceptors (Lipinski definition) is 1. The fourth-order valence-electron chi connectivity index (χ4n) is 0.433. The molecule has 0 saturated heterocycles. The molecular formula is C3H6BN2P. The van der Waals surface area contributed by atoms with Gasteiger partial charge in [-0.25, -0.2) is 0 Å². The van der Waals surface area contributed by atoms with Crippen LogP contribution in [-0.4, -0.2) is 17.4 Å². The molecule has 0 aliphatic heterocycles.